The van der Waals surface area contributed by atoms with Crippen molar-refractivity contribution in [3.05, 3.63) is 88.3 Å². The number of thiophene rings is 1. The van der Waals surface area contributed by atoms with Crippen LogP contribution in [0.2, 0.25) is 5.02 Å². The molecular formula is C23H17ClN2O3S. The smallest absolute Gasteiger partial charge is 0.267 e. The molecule has 4 rings (SSSR count). The summed E-state index contributed by atoms with van der Waals surface area (Å²) in [5, 5.41) is 6.95. The van der Waals surface area contributed by atoms with Crippen molar-refractivity contribution in [3.8, 4) is 5.75 Å². The Morgan fingerprint density at radius 2 is 1.57 bits per heavy atom. The van der Waals surface area contributed by atoms with Gasteiger partial charge in [0, 0.05) is 21.3 Å². The Kier molecular flexibility index (Phi) is 5.70. The van der Waals surface area contributed by atoms with Crippen molar-refractivity contribution in [1.82, 2.24) is 0 Å². The summed E-state index contributed by atoms with van der Waals surface area (Å²) in [5.74, 6) is 0.0206. The Bertz CT molecular complexity index is 1230. The third kappa shape index (κ3) is 4.01. The number of hydrogen-bond acceptors (Lipinski definition) is 4. The summed E-state index contributed by atoms with van der Waals surface area (Å²) in [4.78, 5) is 25.6. The fourth-order valence-electron chi connectivity index (χ4n) is 3.00. The minimum atomic E-state index is -0.285. The Labute approximate surface area is 182 Å². The van der Waals surface area contributed by atoms with E-state index in [1.54, 1.807) is 43.5 Å². The number of ether oxygens (including phenoxy) is 1. The van der Waals surface area contributed by atoms with Crippen molar-refractivity contribution in [2.24, 2.45) is 0 Å². The summed E-state index contributed by atoms with van der Waals surface area (Å²) in [6, 6.07) is 21.4. The Balaban J connectivity index is 1.47. The quantitative estimate of drug-likeness (QED) is 0.399. The van der Waals surface area contributed by atoms with Gasteiger partial charge in [0.1, 0.15) is 10.6 Å². The third-order valence-electron chi connectivity index (χ3n) is 4.50. The van der Waals surface area contributed by atoms with Crippen LogP contribution in [0.25, 0.3) is 10.1 Å². The van der Waals surface area contributed by atoms with Gasteiger partial charge in [0.2, 0.25) is 0 Å². The average Bonchev–Trinajstić information content (AvgIpc) is 3.11. The number of rotatable bonds is 5. The first kappa shape index (κ1) is 19.9. The van der Waals surface area contributed by atoms with Gasteiger partial charge in [0.15, 0.2) is 0 Å². The van der Waals surface area contributed by atoms with Crippen LogP contribution in [-0.4, -0.2) is 18.9 Å². The van der Waals surface area contributed by atoms with Gasteiger partial charge in [0.05, 0.1) is 17.8 Å². The summed E-state index contributed by atoms with van der Waals surface area (Å²) >= 11 is 7.72. The Hall–Kier alpha value is -3.35. The second-order valence-corrected chi connectivity index (χ2v) is 7.86. The average molecular weight is 437 g/mol. The zero-order valence-corrected chi connectivity index (χ0v) is 17.5. The highest BCUT2D eigenvalue weighted by molar-refractivity contribution is 7.21. The summed E-state index contributed by atoms with van der Waals surface area (Å²) < 4.78 is 6.20. The maximum absolute atomic E-state index is 12.7. The molecule has 1 heterocycles. The number of carbonyl (C=O) groups is 2. The molecule has 0 aliphatic rings. The topological polar surface area (TPSA) is 67.4 Å². The molecule has 0 unspecified atom stereocenters. The van der Waals surface area contributed by atoms with Gasteiger partial charge in [-0.1, -0.05) is 41.9 Å². The molecule has 0 bridgehead atoms. The number of nitrogens with one attached hydrogen (secondary N) is 2. The van der Waals surface area contributed by atoms with Crippen LogP contribution in [0.15, 0.2) is 72.8 Å². The lowest BCUT2D eigenvalue weighted by Gasteiger charge is -2.10. The molecule has 0 saturated carbocycles. The van der Waals surface area contributed by atoms with E-state index in [2.05, 4.69) is 10.6 Å². The molecule has 150 valence electrons. The molecule has 0 aliphatic heterocycles. The minimum Gasteiger partial charge on any atom is -0.495 e. The highest BCUT2D eigenvalue weighted by Crippen LogP contribution is 2.35. The van der Waals surface area contributed by atoms with Crippen LogP contribution in [0, 0.1) is 0 Å². The molecule has 7 heteroatoms. The van der Waals surface area contributed by atoms with Crippen molar-refractivity contribution >= 4 is 56.2 Å². The highest BCUT2D eigenvalue weighted by atomic mass is 35.5. The second-order valence-electron chi connectivity index (χ2n) is 6.43. The first-order valence-corrected chi connectivity index (χ1v) is 10.3. The summed E-state index contributed by atoms with van der Waals surface area (Å²) in [6.45, 7) is 0. The Morgan fingerprint density at radius 3 is 2.30 bits per heavy atom. The number of anilines is 2. The van der Waals surface area contributed by atoms with Gasteiger partial charge < -0.3 is 15.4 Å². The molecule has 2 N–H and O–H groups in total. The largest absolute Gasteiger partial charge is 0.495 e. The van der Waals surface area contributed by atoms with E-state index >= 15 is 0 Å². The van der Waals surface area contributed by atoms with Crippen molar-refractivity contribution in [2.75, 3.05) is 17.7 Å². The van der Waals surface area contributed by atoms with E-state index in [9.17, 15) is 9.59 Å². The number of methoxy groups -OCH3 is 1. The van der Waals surface area contributed by atoms with Crippen LogP contribution in [-0.2, 0) is 0 Å². The molecule has 0 radical (unpaired) electrons. The van der Waals surface area contributed by atoms with E-state index in [0.29, 0.717) is 32.6 Å². The zero-order chi connectivity index (χ0) is 21.1. The molecule has 0 saturated heterocycles. The molecule has 1 aromatic heterocycles. The van der Waals surface area contributed by atoms with Crippen molar-refractivity contribution < 1.29 is 14.3 Å². The van der Waals surface area contributed by atoms with Gasteiger partial charge >= 0.3 is 0 Å². The van der Waals surface area contributed by atoms with E-state index in [-0.39, 0.29) is 11.8 Å². The van der Waals surface area contributed by atoms with E-state index in [1.165, 1.54) is 11.3 Å². The minimum absolute atomic E-state index is 0.273. The fourth-order valence-corrected chi connectivity index (χ4v) is 4.41. The molecule has 2 amide bonds. The van der Waals surface area contributed by atoms with E-state index < -0.39 is 0 Å². The number of halogens is 1. The molecule has 5 nitrogen and oxygen atoms in total. The predicted molar refractivity (Wildman–Crippen MR) is 122 cm³/mol. The van der Waals surface area contributed by atoms with Gasteiger partial charge in [-0.3, -0.25) is 9.59 Å². The maximum atomic E-state index is 12.7. The highest BCUT2D eigenvalue weighted by Gasteiger charge is 2.17. The van der Waals surface area contributed by atoms with E-state index in [0.717, 1.165) is 10.1 Å². The van der Waals surface area contributed by atoms with E-state index in [1.807, 2.05) is 36.4 Å². The predicted octanol–water partition coefficient (Wildman–Crippen LogP) is 6.07. The normalized spacial score (nSPS) is 10.6. The molecule has 0 aliphatic carbocycles. The lowest BCUT2D eigenvalue weighted by atomic mass is 10.2. The van der Waals surface area contributed by atoms with Gasteiger partial charge in [-0.2, -0.15) is 0 Å². The van der Waals surface area contributed by atoms with Crippen LogP contribution in [0.5, 0.6) is 5.75 Å². The first-order chi connectivity index (χ1) is 14.6. The van der Waals surface area contributed by atoms with Gasteiger partial charge in [-0.15, -0.1) is 11.3 Å². The summed E-state index contributed by atoms with van der Waals surface area (Å²) in [6.07, 6.45) is 0. The number of para-hydroxylation sites is 2. The van der Waals surface area contributed by atoms with Gasteiger partial charge in [-0.05, 0) is 42.5 Å². The zero-order valence-electron chi connectivity index (χ0n) is 15.9. The molecule has 0 atom stereocenters. The van der Waals surface area contributed by atoms with Gasteiger partial charge in [0.25, 0.3) is 11.8 Å². The Morgan fingerprint density at radius 1 is 0.867 bits per heavy atom. The lowest BCUT2D eigenvalue weighted by molar-refractivity contribution is 0.102. The fraction of sp³-hybridized carbons (Fsp3) is 0.0435. The van der Waals surface area contributed by atoms with Crippen LogP contribution >= 0.6 is 22.9 Å². The SMILES string of the molecule is COc1ccccc1NC(=O)c1ccc(NC(=O)c2sc3ccccc3c2Cl)cc1. The number of benzene rings is 3. The van der Waals surface area contributed by atoms with Crippen molar-refractivity contribution in [1.29, 1.82) is 0 Å². The first-order valence-electron chi connectivity index (χ1n) is 9.09. The van der Waals surface area contributed by atoms with Crippen LogP contribution in [0.1, 0.15) is 20.0 Å². The number of hydrogen-bond donors (Lipinski definition) is 2. The van der Waals surface area contributed by atoms with Gasteiger partial charge in [-0.25, -0.2) is 0 Å². The molecule has 3 aromatic carbocycles. The number of amides is 2. The van der Waals surface area contributed by atoms with E-state index in [4.69, 9.17) is 16.3 Å². The third-order valence-corrected chi connectivity index (χ3v) is 6.18. The van der Waals surface area contributed by atoms with Crippen molar-refractivity contribution in [3.63, 3.8) is 0 Å². The standard InChI is InChI=1S/C23H17ClN2O3S/c1-29-18-8-4-3-7-17(18)26-22(27)14-10-12-15(13-11-14)25-23(28)21-20(24)16-6-2-5-9-19(16)30-21/h2-13H,1H3,(H,25,28)(H,26,27). The molecule has 4 aromatic rings. The van der Waals surface area contributed by atoms with Crippen LogP contribution in [0.3, 0.4) is 0 Å². The molecule has 30 heavy (non-hydrogen) atoms. The molecule has 0 fully saturated rings. The number of fused-ring (bicyclic) bond motifs is 1. The summed E-state index contributed by atoms with van der Waals surface area (Å²) in [7, 11) is 1.55. The van der Waals surface area contributed by atoms with Crippen LogP contribution in [0.4, 0.5) is 11.4 Å². The maximum Gasteiger partial charge on any atom is 0.267 e. The van der Waals surface area contributed by atoms with Crippen LogP contribution < -0.4 is 15.4 Å². The molecular weight excluding hydrogens is 420 g/mol. The van der Waals surface area contributed by atoms with Crippen molar-refractivity contribution in [2.45, 2.75) is 0 Å². The monoisotopic (exact) mass is 436 g/mol. The summed E-state index contributed by atoms with van der Waals surface area (Å²) in [5.41, 5.74) is 1.61. The second kappa shape index (κ2) is 8.57. The molecule has 0 spiro atoms. The lowest BCUT2D eigenvalue weighted by Crippen LogP contribution is -2.13. The number of carbonyl (C=O) groups excluding carboxylic acids is 2.